The van der Waals surface area contributed by atoms with Gasteiger partial charge in [-0.3, -0.25) is 4.79 Å². The van der Waals surface area contributed by atoms with Gasteiger partial charge >= 0.3 is 0 Å². The molecule has 0 bridgehead atoms. The fourth-order valence-corrected chi connectivity index (χ4v) is 7.11. The summed E-state index contributed by atoms with van der Waals surface area (Å²) in [6.07, 6.45) is 55.9. The molecule has 2 atom stereocenters. The lowest BCUT2D eigenvalue weighted by molar-refractivity contribution is -0.123. The average Bonchev–Trinajstić information content (AvgIpc) is 3.13. The van der Waals surface area contributed by atoms with Gasteiger partial charge in [-0.25, -0.2) is 0 Å². The zero-order valence-corrected chi connectivity index (χ0v) is 34.6. The quantitative estimate of drug-likeness (QED) is 0.0435. The predicted octanol–water partition coefficient (Wildman–Crippen LogP) is 14.4. The van der Waals surface area contributed by atoms with E-state index >= 15 is 0 Å². The fraction of sp³-hybridized carbons (Fsp3) is 0.894. The number of carbonyl (C=O) groups is 1. The molecule has 0 spiro atoms. The minimum atomic E-state index is -0.835. The lowest BCUT2D eigenvalue weighted by Crippen LogP contribution is -2.45. The number of carbonyl (C=O) groups excluding carboxylic acids is 1. The van der Waals surface area contributed by atoms with Crippen LogP contribution < -0.4 is 5.32 Å². The lowest BCUT2D eigenvalue weighted by atomic mass is 10.0. The van der Waals surface area contributed by atoms with Gasteiger partial charge < -0.3 is 15.5 Å². The van der Waals surface area contributed by atoms with Crippen molar-refractivity contribution in [2.45, 2.75) is 264 Å². The highest BCUT2D eigenvalue weighted by Gasteiger charge is 2.17. The first kappa shape index (κ1) is 49.9. The molecular weight excluding hydrogens is 627 g/mol. The minimum absolute atomic E-state index is 0.0621. The van der Waals surface area contributed by atoms with Crippen LogP contribution in [0.3, 0.4) is 0 Å². The molecule has 0 aliphatic rings. The molecule has 0 radical (unpaired) electrons. The fourth-order valence-electron chi connectivity index (χ4n) is 7.11. The van der Waals surface area contributed by atoms with E-state index in [1.807, 2.05) is 6.08 Å². The summed E-state index contributed by atoms with van der Waals surface area (Å²) in [5.41, 5.74) is 0. The van der Waals surface area contributed by atoms with Gasteiger partial charge in [-0.15, -0.1) is 0 Å². The van der Waals surface area contributed by atoms with Gasteiger partial charge in [-0.2, -0.15) is 0 Å². The Morgan fingerprint density at radius 1 is 0.451 bits per heavy atom. The van der Waals surface area contributed by atoms with Gasteiger partial charge in [0.15, 0.2) is 0 Å². The normalized spacial score (nSPS) is 13.1. The van der Waals surface area contributed by atoms with Crippen LogP contribution in [0, 0.1) is 0 Å². The standard InChI is InChI=1S/C47H91NO3/c1-3-5-7-9-11-13-15-17-18-19-20-21-22-23-24-25-26-27-28-29-30-31-33-35-37-39-41-43-47(51)48-45(44-49)46(50)42-40-38-36-34-32-16-14-12-10-8-6-4-2/h19-20,40,42,45-46,49-50H,3-18,21-39,41,43-44H2,1-2H3,(H,48,51)/b20-19-,42-40+. The highest BCUT2D eigenvalue weighted by Crippen LogP contribution is 2.16. The summed E-state index contributed by atoms with van der Waals surface area (Å²) in [6.45, 7) is 4.31. The van der Waals surface area contributed by atoms with E-state index in [0.717, 1.165) is 25.7 Å². The molecule has 0 heterocycles. The summed E-state index contributed by atoms with van der Waals surface area (Å²) in [5.74, 6) is -0.0621. The number of rotatable bonds is 42. The van der Waals surface area contributed by atoms with E-state index in [4.69, 9.17) is 0 Å². The van der Waals surface area contributed by atoms with Gasteiger partial charge in [0.25, 0.3) is 0 Å². The number of aliphatic hydroxyl groups is 2. The zero-order chi connectivity index (χ0) is 37.1. The van der Waals surface area contributed by atoms with Crippen LogP contribution in [0.25, 0.3) is 0 Å². The SMILES string of the molecule is CCCCCCCCCC/C=C\CCCCCCCCCCCCCCCCCC(=O)NC(CO)C(O)/C=C/CCCCCCCCCCCC. The van der Waals surface area contributed by atoms with Crippen molar-refractivity contribution in [2.75, 3.05) is 6.61 Å². The summed E-state index contributed by atoms with van der Waals surface area (Å²) < 4.78 is 0. The first-order valence-electron chi connectivity index (χ1n) is 23.1. The minimum Gasteiger partial charge on any atom is -0.394 e. The Morgan fingerprint density at radius 2 is 0.745 bits per heavy atom. The van der Waals surface area contributed by atoms with E-state index in [1.54, 1.807) is 6.08 Å². The van der Waals surface area contributed by atoms with Crippen LogP contribution in [0.5, 0.6) is 0 Å². The van der Waals surface area contributed by atoms with Gasteiger partial charge in [-0.05, 0) is 44.9 Å². The molecule has 302 valence electrons. The molecule has 0 aliphatic carbocycles. The molecule has 3 N–H and O–H groups in total. The van der Waals surface area contributed by atoms with Crippen LogP contribution in [0.4, 0.5) is 0 Å². The molecule has 51 heavy (non-hydrogen) atoms. The van der Waals surface area contributed by atoms with Crippen molar-refractivity contribution in [1.29, 1.82) is 0 Å². The maximum absolute atomic E-state index is 12.4. The molecule has 0 aromatic carbocycles. The molecule has 0 aromatic rings. The highest BCUT2D eigenvalue weighted by molar-refractivity contribution is 5.76. The number of unbranched alkanes of at least 4 members (excludes halogenated alkanes) is 33. The summed E-state index contributed by atoms with van der Waals surface area (Å²) in [7, 11) is 0. The monoisotopic (exact) mass is 718 g/mol. The summed E-state index contributed by atoms with van der Waals surface area (Å²) in [6, 6.07) is -0.618. The van der Waals surface area contributed by atoms with Crippen molar-refractivity contribution in [3.63, 3.8) is 0 Å². The summed E-state index contributed by atoms with van der Waals surface area (Å²) in [5, 5.41) is 23.0. The van der Waals surface area contributed by atoms with Crippen LogP contribution in [0.15, 0.2) is 24.3 Å². The Morgan fingerprint density at radius 3 is 1.08 bits per heavy atom. The van der Waals surface area contributed by atoms with Crippen LogP contribution in [-0.2, 0) is 4.79 Å². The van der Waals surface area contributed by atoms with Crippen LogP contribution in [0.1, 0.15) is 251 Å². The van der Waals surface area contributed by atoms with Crippen LogP contribution in [-0.4, -0.2) is 34.9 Å². The number of hydrogen-bond donors (Lipinski definition) is 3. The van der Waals surface area contributed by atoms with Crippen LogP contribution >= 0.6 is 0 Å². The van der Waals surface area contributed by atoms with E-state index in [-0.39, 0.29) is 12.5 Å². The number of allylic oxidation sites excluding steroid dienone is 3. The van der Waals surface area contributed by atoms with Crippen molar-refractivity contribution in [1.82, 2.24) is 5.32 Å². The van der Waals surface area contributed by atoms with E-state index in [0.29, 0.717) is 6.42 Å². The maximum atomic E-state index is 12.4. The average molecular weight is 718 g/mol. The Balaban J connectivity index is 3.46. The molecule has 4 heteroatoms. The molecule has 0 rings (SSSR count). The third-order valence-corrected chi connectivity index (χ3v) is 10.7. The van der Waals surface area contributed by atoms with Crippen LogP contribution in [0.2, 0.25) is 0 Å². The number of amides is 1. The van der Waals surface area contributed by atoms with Gasteiger partial charge in [-0.1, -0.05) is 224 Å². The molecule has 0 fully saturated rings. The molecule has 0 aliphatic heterocycles. The molecule has 2 unspecified atom stereocenters. The summed E-state index contributed by atoms with van der Waals surface area (Å²) in [4.78, 5) is 12.4. The zero-order valence-electron chi connectivity index (χ0n) is 34.6. The molecular formula is C47H91NO3. The third-order valence-electron chi connectivity index (χ3n) is 10.7. The van der Waals surface area contributed by atoms with E-state index in [2.05, 4.69) is 31.3 Å². The van der Waals surface area contributed by atoms with Crippen molar-refractivity contribution in [2.24, 2.45) is 0 Å². The molecule has 0 saturated carbocycles. The van der Waals surface area contributed by atoms with Gasteiger partial charge in [0.1, 0.15) is 0 Å². The van der Waals surface area contributed by atoms with Crippen molar-refractivity contribution in [3.05, 3.63) is 24.3 Å². The van der Waals surface area contributed by atoms with Gasteiger partial charge in [0.2, 0.25) is 5.91 Å². The topological polar surface area (TPSA) is 69.6 Å². The second-order valence-corrected chi connectivity index (χ2v) is 15.8. The van der Waals surface area contributed by atoms with Crippen molar-refractivity contribution in [3.8, 4) is 0 Å². The Labute approximate surface area is 319 Å². The number of aliphatic hydroxyl groups excluding tert-OH is 2. The van der Waals surface area contributed by atoms with E-state index in [1.165, 1.54) is 205 Å². The smallest absolute Gasteiger partial charge is 0.220 e. The molecule has 0 aromatic heterocycles. The first-order valence-corrected chi connectivity index (χ1v) is 23.1. The molecule has 1 amide bonds. The number of hydrogen-bond acceptors (Lipinski definition) is 3. The Hall–Kier alpha value is -1.13. The predicted molar refractivity (Wildman–Crippen MR) is 225 cm³/mol. The van der Waals surface area contributed by atoms with E-state index < -0.39 is 12.1 Å². The first-order chi connectivity index (χ1) is 25.2. The largest absolute Gasteiger partial charge is 0.394 e. The third kappa shape index (κ3) is 39.9. The Bertz CT molecular complexity index is 735. The van der Waals surface area contributed by atoms with E-state index in [9.17, 15) is 15.0 Å². The highest BCUT2D eigenvalue weighted by atomic mass is 16.3. The maximum Gasteiger partial charge on any atom is 0.220 e. The van der Waals surface area contributed by atoms with Gasteiger partial charge in [0.05, 0.1) is 18.8 Å². The molecule has 4 nitrogen and oxygen atoms in total. The Kier molecular flexibility index (Phi) is 42.3. The van der Waals surface area contributed by atoms with Crippen molar-refractivity contribution < 1.29 is 15.0 Å². The van der Waals surface area contributed by atoms with Gasteiger partial charge in [0, 0.05) is 6.42 Å². The number of nitrogens with one attached hydrogen (secondary N) is 1. The summed E-state index contributed by atoms with van der Waals surface area (Å²) >= 11 is 0. The molecule has 0 saturated heterocycles. The van der Waals surface area contributed by atoms with Crippen molar-refractivity contribution >= 4 is 5.91 Å². The second-order valence-electron chi connectivity index (χ2n) is 15.8. The second kappa shape index (κ2) is 43.3. The lowest BCUT2D eigenvalue weighted by Gasteiger charge is -2.20.